The van der Waals surface area contributed by atoms with E-state index in [4.69, 9.17) is 14.2 Å². The summed E-state index contributed by atoms with van der Waals surface area (Å²) in [7, 11) is 0. The number of benzene rings is 6. The van der Waals surface area contributed by atoms with Crippen LogP contribution in [0.4, 0.5) is 17.6 Å². The molecule has 0 N–H and O–H groups in total. The molecule has 0 saturated heterocycles. The van der Waals surface area contributed by atoms with Gasteiger partial charge in [-0.05, 0) is 146 Å². The van der Waals surface area contributed by atoms with Gasteiger partial charge in [-0.25, -0.2) is 17.6 Å². The van der Waals surface area contributed by atoms with E-state index < -0.39 is 22.8 Å². The third-order valence-electron chi connectivity index (χ3n) is 11.2. The quantitative estimate of drug-likeness (QED) is 0.104. The van der Waals surface area contributed by atoms with Crippen molar-refractivity contribution < 1.29 is 31.8 Å². The second-order valence-electron chi connectivity index (χ2n) is 15.2. The van der Waals surface area contributed by atoms with E-state index in [9.17, 15) is 8.78 Å². The van der Waals surface area contributed by atoms with Crippen molar-refractivity contribution in [2.24, 2.45) is 11.8 Å². The van der Waals surface area contributed by atoms with Gasteiger partial charge in [0.15, 0.2) is 23.1 Å². The second kappa shape index (κ2) is 15.0. The van der Waals surface area contributed by atoms with Crippen LogP contribution in [0.1, 0.15) is 73.6 Å². The lowest BCUT2D eigenvalue weighted by atomic mass is 9.71. The van der Waals surface area contributed by atoms with Crippen LogP contribution in [0.2, 0.25) is 0 Å². The molecule has 55 heavy (non-hydrogen) atoms. The molecule has 8 rings (SSSR count). The van der Waals surface area contributed by atoms with Crippen LogP contribution < -0.4 is 9.47 Å². The van der Waals surface area contributed by atoms with Gasteiger partial charge < -0.3 is 14.2 Å². The standard InChI is InChI=1S/C48H42F4O3/c1-47(45(31-13-14-31)33-17-23-37(49)24-18-33,35-21-27-41(51)43(29-35)53-39-9-5-3-6-10-39)55-48(2,46(32-15-16-32)34-19-25-38(50)26-20-34)36-22-28-42(52)44(30-36)54-40-11-7-4-8-12-40/h3-12,17-32,45-46H,13-16H2,1-2H3. The average Bonchev–Trinajstić information content (AvgIpc) is 4.13. The third kappa shape index (κ3) is 7.76. The fourth-order valence-corrected chi connectivity index (χ4v) is 8.34. The van der Waals surface area contributed by atoms with Crippen molar-refractivity contribution in [1.82, 2.24) is 0 Å². The summed E-state index contributed by atoms with van der Waals surface area (Å²) in [5.74, 6) is -1.04. The first-order chi connectivity index (χ1) is 26.6. The van der Waals surface area contributed by atoms with Gasteiger partial charge in [-0.15, -0.1) is 0 Å². The van der Waals surface area contributed by atoms with Crippen LogP contribution in [0.3, 0.4) is 0 Å². The van der Waals surface area contributed by atoms with E-state index in [0.717, 1.165) is 36.8 Å². The molecule has 2 saturated carbocycles. The maximum absolute atomic E-state index is 15.7. The maximum Gasteiger partial charge on any atom is 0.165 e. The lowest BCUT2D eigenvalue weighted by Crippen LogP contribution is -2.46. The molecule has 0 spiro atoms. The number of rotatable bonds is 14. The van der Waals surface area contributed by atoms with E-state index >= 15 is 8.78 Å². The van der Waals surface area contributed by atoms with Crippen LogP contribution in [0.25, 0.3) is 0 Å². The molecule has 4 atom stereocenters. The summed E-state index contributed by atoms with van der Waals surface area (Å²) < 4.78 is 80.3. The third-order valence-corrected chi connectivity index (χ3v) is 11.2. The van der Waals surface area contributed by atoms with E-state index in [0.29, 0.717) is 22.6 Å². The monoisotopic (exact) mass is 742 g/mol. The molecular weight excluding hydrogens is 701 g/mol. The Labute approximate surface area is 319 Å². The topological polar surface area (TPSA) is 27.7 Å². The molecule has 0 radical (unpaired) electrons. The summed E-state index contributed by atoms with van der Waals surface area (Å²) in [6, 6.07) is 40.7. The highest BCUT2D eigenvalue weighted by molar-refractivity contribution is 5.44. The Morgan fingerprint density at radius 3 is 1.18 bits per heavy atom. The minimum Gasteiger partial charge on any atom is -0.454 e. The molecular formula is C48H42F4O3. The summed E-state index contributed by atoms with van der Waals surface area (Å²) in [6.45, 7) is 4.02. The number of ether oxygens (including phenoxy) is 3. The predicted molar refractivity (Wildman–Crippen MR) is 205 cm³/mol. The van der Waals surface area contributed by atoms with Gasteiger partial charge in [-0.3, -0.25) is 0 Å². The van der Waals surface area contributed by atoms with E-state index in [2.05, 4.69) is 0 Å². The van der Waals surface area contributed by atoms with Crippen molar-refractivity contribution in [3.05, 3.63) is 191 Å². The SMILES string of the molecule is CC(OC(C)(c1ccc(F)c(Oc2ccccc2)c1)C(c1ccc(F)cc1)C1CC1)(c1ccc(F)c(Oc2ccccc2)c1)C(c1ccc(F)cc1)C1CC1. The maximum atomic E-state index is 15.7. The Morgan fingerprint density at radius 1 is 0.473 bits per heavy atom. The smallest absolute Gasteiger partial charge is 0.165 e. The molecule has 0 bridgehead atoms. The minimum atomic E-state index is -1.20. The van der Waals surface area contributed by atoms with Crippen LogP contribution in [0.5, 0.6) is 23.0 Å². The van der Waals surface area contributed by atoms with Gasteiger partial charge in [0.25, 0.3) is 0 Å². The van der Waals surface area contributed by atoms with E-state index in [-0.39, 0.29) is 46.8 Å². The summed E-state index contributed by atoms with van der Waals surface area (Å²) >= 11 is 0. The predicted octanol–water partition coefficient (Wildman–Crippen LogP) is 13.4. The van der Waals surface area contributed by atoms with Gasteiger partial charge in [0.2, 0.25) is 0 Å². The Bertz CT molecular complexity index is 2080. The van der Waals surface area contributed by atoms with Crippen molar-refractivity contribution in [2.75, 3.05) is 0 Å². The minimum absolute atomic E-state index is 0.0338. The zero-order chi connectivity index (χ0) is 38.2. The zero-order valence-corrected chi connectivity index (χ0v) is 30.7. The van der Waals surface area contributed by atoms with Gasteiger partial charge in [-0.1, -0.05) is 72.8 Å². The first-order valence-corrected chi connectivity index (χ1v) is 18.9. The fraction of sp³-hybridized carbons (Fsp3) is 0.250. The van der Waals surface area contributed by atoms with E-state index in [1.807, 2.05) is 50.2 Å². The van der Waals surface area contributed by atoms with Gasteiger partial charge in [0, 0.05) is 11.8 Å². The molecule has 6 aromatic carbocycles. The van der Waals surface area contributed by atoms with Gasteiger partial charge >= 0.3 is 0 Å². The molecule has 2 fully saturated rings. The number of hydrogen-bond donors (Lipinski definition) is 0. The molecule has 0 aromatic heterocycles. The Balaban J connectivity index is 1.33. The highest BCUT2D eigenvalue weighted by Crippen LogP contribution is 2.60. The zero-order valence-electron chi connectivity index (χ0n) is 30.7. The normalized spacial score (nSPS) is 17.4. The second-order valence-corrected chi connectivity index (χ2v) is 15.2. The van der Waals surface area contributed by atoms with Gasteiger partial charge in [0.1, 0.15) is 23.1 Å². The van der Waals surface area contributed by atoms with Crippen LogP contribution in [-0.4, -0.2) is 0 Å². The fourth-order valence-electron chi connectivity index (χ4n) is 8.34. The Hall–Kier alpha value is -5.40. The number of hydrogen-bond acceptors (Lipinski definition) is 3. The Morgan fingerprint density at radius 2 is 0.836 bits per heavy atom. The van der Waals surface area contributed by atoms with E-state index in [1.165, 1.54) is 36.4 Å². The molecule has 3 nitrogen and oxygen atoms in total. The van der Waals surface area contributed by atoms with Crippen LogP contribution in [0.15, 0.2) is 146 Å². The number of halogens is 4. The lowest BCUT2D eigenvalue weighted by Gasteiger charge is -2.49. The summed E-state index contributed by atoms with van der Waals surface area (Å²) in [4.78, 5) is 0. The summed E-state index contributed by atoms with van der Waals surface area (Å²) in [5, 5.41) is 0. The van der Waals surface area contributed by atoms with E-state index in [1.54, 1.807) is 72.8 Å². The largest absolute Gasteiger partial charge is 0.454 e. The highest BCUT2D eigenvalue weighted by Gasteiger charge is 2.55. The van der Waals surface area contributed by atoms with Gasteiger partial charge in [0.05, 0.1) is 11.2 Å². The van der Waals surface area contributed by atoms with Crippen LogP contribution in [-0.2, 0) is 15.9 Å². The van der Waals surface area contributed by atoms with Gasteiger partial charge in [-0.2, -0.15) is 0 Å². The molecule has 0 amide bonds. The molecule has 4 unspecified atom stereocenters. The lowest BCUT2D eigenvalue weighted by molar-refractivity contribution is -0.182. The summed E-state index contributed by atoms with van der Waals surface area (Å²) in [6.07, 6.45) is 3.67. The van der Waals surface area contributed by atoms with Crippen molar-refractivity contribution in [1.29, 1.82) is 0 Å². The molecule has 2 aliphatic carbocycles. The van der Waals surface area contributed by atoms with Crippen molar-refractivity contribution in [2.45, 2.75) is 62.6 Å². The molecule has 0 heterocycles. The first-order valence-electron chi connectivity index (χ1n) is 18.9. The number of para-hydroxylation sites is 2. The molecule has 2 aliphatic rings. The van der Waals surface area contributed by atoms with Crippen LogP contribution in [0, 0.1) is 35.1 Å². The van der Waals surface area contributed by atoms with Crippen molar-refractivity contribution in [3.63, 3.8) is 0 Å². The molecule has 280 valence electrons. The van der Waals surface area contributed by atoms with Crippen LogP contribution >= 0.6 is 0 Å². The highest BCUT2D eigenvalue weighted by atomic mass is 19.1. The average molecular weight is 743 g/mol. The molecule has 6 aromatic rings. The molecule has 7 heteroatoms. The van der Waals surface area contributed by atoms with Crippen molar-refractivity contribution >= 4 is 0 Å². The molecule has 0 aliphatic heterocycles. The van der Waals surface area contributed by atoms with Crippen molar-refractivity contribution in [3.8, 4) is 23.0 Å². The Kier molecular flexibility index (Phi) is 9.99. The first kappa shape index (κ1) is 36.6. The summed E-state index contributed by atoms with van der Waals surface area (Å²) in [5.41, 5.74) is 0.671.